The van der Waals surface area contributed by atoms with E-state index in [2.05, 4.69) is 26.3 Å². The molecular weight excluding hydrogens is 436 g/mol. The van der Waals surface area contributed by atoms with Crippen LogP contribution in [0.1, 0.15) is 34.7 Å². The predicted octanol–water partition coefficient (Wildman–Crippen LogP) is 4.68. The molecule has 0 aliphatic carbocycles. The fourth-order valence-corrected chi connectivity index (χ4v) is 4.57. The Morgan fingerprint density at radius 3 is 2.20 bits per heavy atom. The topological polar surface area (TPSA) is 90.9 Å². The van der Waals surface area contributed by atoms with E-state index in [1.807, 2.05) is 66.9 Å². The number of amides is 1. The van der Waals surface area contributed by atoms with Crippen LogP contribution in [0.5, 0.6) is 0 Å². The highest BCUT2D eigenvalue weighted by atomic mass is 16.3. The number of hydrogen-bond donors (Lipinski definition) is 3. The molecule has 1 atom stereocenters. The first-order chi connectivity index (χ1) is 17.2. The fourth-order valence-electron chi connectivity index (χ4n) is 4.57. The van der Waals surface area contributed by atoms with Crippen molar-refractivity contribution in [3.05, 3.63) is 132 Å². The quantitative estimate of drug-likeness (QED) is 0.312. The van der Waals surface area contributed by atoms with E-state index in [1.165, 1.54) is 0 Å². The van der Waals surface area contributed by atoms with Gasteiger partial charge in [-0.05, 0) is 35.7 Å². The smallest absolute Gasteiger partial charge is 0.220 e. The minimum absolute atomic E-state index is 0.157. The molecule has 3 aromatic heterocycles. The van der Waals surface area contributed by atoms with E-state index in [4.69, 9.17) is 0 Å². The summed E-state index contributed by atoms with van der Waals surface area (Å²) in [6.07, 6.45) is 9.38. The van der Waals surface area contributed by atoms with Crippen molar-refractivity contribution in [3.8, 4) is 0 Å². The summed E-state index contributed by atoms with van der Waals surface area (Å²) < 4.78 is 0. The van der Waals surface area contributed by atoms with Crippen LogP contribution in [0.4, 0.5) is 0 Å². The molecule has 6 heteroatoms. The van der Waals surface area contributed by atoms with Crippen molar-refractivity contribution in [3.63, 3.8) is 0 Å². The number of aryl methyl sites for hydroxylation is 1. The summed E-state index contributed by atoms with van der Waals surface area (Å²) in [7, 11) is 0. The number of carbonyl (C=O) groups is 1. The number of fused-ring (bicyclic) bond motifs is 1. The molecule has 0 aliphatic rings. The molecule has 1 unspecified atom stereocenters. The first-order valence-corrected chi connectivity index (χ1v) is 11.6. The van der Waals surface area contributed by atoms with E-state index in [0.29, 0.717) is 17.5 Å². The molecule has 3 N–H and O–H groups in total. The maximum atomic E-state index is 13.3. The Morgan fingerprint density at radius 1 is 0.886 bits per heavy atom. The Morgan fingerprint density at radius 2 is 1.54 bits per heavy atom. The molecule has 0 saturated carbocycles. The first-order valence-electron chi connectivity index (χ1n) is 11.6. The van der Waals surface area contributed by atoms with Crippen LogP contribution in [-0.2, 0) is 16.8 Å². The van der Waals surface area contributed by atoms with Crippen LogP contribution in [0.2, 0.25) is 0 Å². The molecule has 5 aromatic rings. The summed E-state index contributed by atoms with van der Waals surface area (Å²) >= 11 is 0. The molecule has 5 rings (SSSR count). The maximum absolute atomic E-state index is 13.3. The lowest BCUT2D eigenvalue weighted by Gasteiger charge is -2.37. The maximum Gasteiger partial charge on any atom is 0.220 e. The predicted molar refractivity (Wildman–Crippen MR) is 135 cm³/mol. The van der Waals surface area contributed by atoms with Gasteiger partial charge in [-0.2, -0.15) is 0 Å². The molecular formula is C29H26N4O2. The number of aromatic nitrogens is 3. The van der Waals surface area contributed by atoms with Crippen molar-refractivity contribution >= 4 is 16.8 Å². The number of carbonyl (C=O) groups excluding carboxylic acids is 1. The average molecular weight is 463 g/mol. The van der Waals surface area contributed by atoms with Crippen LogP contribution in [0.3, 0.4) is 0 Å². The van der Waals surface area contributed by atoms with Gasteiger partial charge in [0.1, 0.15) is 5.60 Å². The van der Waals surface area contributed by atoms with Gasteiger partial charge >= 0.3 is 0 Å². The van der Waals surface area contributed by atoms with Gasteiger partial charge in [-0.15, -0.1) is 0 Å². The summed E-state index contributed by atoms with van der Waals surface area (Å²) in [4.78, 5) is 25.0. The van der Waals surface area contributed by atoms with E-state index in [-0.39, 0.29) is 12.3 Å². The number of nitrogens with zero attached hydrogens (tertiary/aromatic N) is 2. The average Bonchev–Trinajstić information content (AvgIpc) is 3.35. The molecule has 6 nitrogen and oxygen atoms in total. The van der Waals surface area contributed by atoms with Gasteiger partial charge in [0.15, 0.2) is 0 Å². The molecule has 0 saturated heterocycles. The SMILES string of the molecule is O=C(CCc1c[nH]c2ccccc12)NC(c1ccccc1)C(O)(c1cccnc1)c1cccnc1. The van der Waals surface area contributed by atoms with Gasteiger partial charge in [0, 0.05) is 59.4 Å². The highest BCUT2D eigenvalue weighted by molar-refractivity contribution is 5.84. The fraction of sp³-hybridized carbons (Fsp3) is 0.138. The van der Waals surface area contributed by atoms with E-state index in [9.17, 15) is 9.90 Å². The van der Waals surface area contributed by atoms with Crippen molar-refractivity contribution in [1.82, 2.24) is 20.3 Å². The normalized spacial score (nSPS) is 12.4. The van der Waals surface area contributed by atoms with E-state index in [0.717, 1.165) is 22.0 Å². The van der Waals surface area contributed by atoms with Crippen LogP contribution in [0.25, 0.3) is 10.9 Å². The molecule has 0 aliphatic heterocycles. The first kappa shape index (κ1) is 22.5. The van der Waals surface area contributed by atoms with Gasteiger partial charge in [-0.3, -0.25) is 14.8 Å². The zero-order chi connectivity index (χ0) is 24.1. The van der Waals surface area contributed by atoms with Crippen molar-refractivity contribution in [2.75, 3.05) is 0 Å². The number of aromatic amines is 1. The van der Waals surface area contributed by atoms with Crippen LogP contribution >= 0.6 is 0 Å². The number of rotatable bonds is 8. The molecule has 1 amide bonds. The monoisotopic (exact) mass is 462 g/mol. The highest BCUT2D eigenvalue weighted by Gasteiger charge is 2.42. The summed E-state index contributed by atoms with van der Waals surface area (Å²) in [5, 5.41) is 16.5. The molecule has 35 heavy (non-hydrogen) atoms. The lowest BCUT2D eigenvalue weighted by atomic mass is 9.78. The highest BCUT2D eigenvalue weighted by Crippen LogP contribution is 2.40. The van der Waals surface area contributed by atoms with Gasteiger partial charge in [-0.25, -0.2) is 0 Å². The molecule has 0 fully saturated rings. The van der Waals surface area contributed by atoms with Crippen LogP contribution < -0.4 is 5.32 Å². The largest absolute Gasteiger partial charge is 0.378 e. The van der Waals surface area contributed by atoms with Crippen LogP contribution in [0, 0.1) is 0 Å². The van der Waals surface area contributed by atoms with Crippen molar-refractivity contribution in [2.45, 2.75) is 24.5 Å². The van der Waals surface area contributed by atoms with Crippen LogP contribution in [0.15, 0.2) is 110 Å². The van der Waals surface area contributed by atoms with Gasteiger partial charge in [0.25, 0.3) is 0 Å². The zero-order valence-corrected chi connectivity index (χ0v) is 19.1. The van der Waals surface area contributed by atoms with Crippen LogP contribution in [-0.4, -0.2) is 26.0 Å². The minimum Gasteiger partial charge on any atom is -0.378 e. The molecule has 3 heterocycles. The Balaban J connectivity index is 1.48. The summed E-state index contributed by atoms with van der Waals surface area (Å²) in [5.41, 5.74) is 2.47. The van der Waals surface area contributed by atoms with Crippen molar-refractivity contribution < 1.29 is 9.90 Å². The van der Waals surface area contributed by atoms with Gasteiger partial charge < -0.3 is 15.4 Å². The Bertz CT molecular complexity index is 1360. The molecule has 2 aromatic carbocycles. The molecule has 174 valence electrons. The van der Waals surface area contributed by atoms with Gasteiger partial charge in [0.2, 0.25) is 5.91 Å². The second kappa shape index (κ2) is 9.91. The third-order valence-corrected chi connectivity index (χ3v) is 6.36. The van der Waals surface area contributed by atoms with E-state index in [1.54, 1.807) is 36.9 Å². The zero-order valence-electron chi connectivity index (χ0n) is 19.1. The second-order valence-corrected chi connectivity index (χ2v) is 8.52. The Hall–Kier alpha value is -4.29. The second-order valence-electron chi connectivity index (χ2n) is 8.52. The molecule has 0 radical (unpaired) electrons. The number of pyridine rings is 2. The Labute approximate surface area is 203 Å². The minimum atomic E-state index is -1.58. The number of nitrogens with one attached hydrogen (secondary N) is 2. The van der Waals surface area contributed by atoms with Gasteiger partial charge in [0.05, 0.1) is 6.04 Å². The number of hydrogen-bond acceptors (Lipinski definition) is 4. The third-order valence-electron chi connectivity index (χ3n) is 6.36. The number of para-hydroxylation sites is 1. The Kier molecular flexibility index (Phi) is 6.37. The number of benzene rings is 2. The summed E-state index contributed by atoms with van der Waals surface area (Å²) in [6.45, 7) is 0. The lowest BCUT2D eigenvalue weighted by molar-refractivity contribution is -0.123. The molecule has 0 bridgehead atoms. The van der Waals surface area contributed by atoms with E-state index >= 15 is 0 Å². The summed E-state index contributed by atoms with van der Waals surface area (Å²) in [5.74, 6) is -0.157. The number of H-pyrrole nitrogens is 1. The molecule has 0 spiro atoms. The van der Waals surface area contributed by atoms with Crippen molar-refractivity contribution in [1.29, 1.82) is 0 Å². The van der Waals surface area contributed by atoms with E-state index < -0.39 is 11.6 Å². The number of aliphatic hydroxyl groups is 1. The standard InChI is InChI=1S/C29H26N4O2/c34-27(15-14-22-18-32-26-13-5-4-12-25(22)26)33-28(21-8-2-1-3-9-21)29(35,23-10-6-16-30-19-23)24-11-7-17-31-20-24/h1-13,16-20,28,32,35H,14-15H2,(H,33,34). The van der Waals surface area contributed by atoms with Gasteiger partial charge in [-0.1, -0.05) is 60.7 Å². The third kappa shape index (κ3) is 4.56. The van der Waals surface area contributed by atoms with Crippen molar-refractivity contribution in [2.24, 2.45) is 0 Å². The lowest BCUT2D eigenvalue weighted by Crippen LogP contribution is -2.45. The summed E-state index contributed by atoms with van der Waals surface area (Å²) in [6, 6.07) is 24.0.